The number of phenols is 1. The van der Waals surface area contributed by atoms with Crippen LogP contribution in [0.1, 0.15) is 0 Å². The van der Waals surface area contributed by atoms with Crippen LogP contribution in [0.4, 0.5) is 5.69 Å². The van der Waals surface area contributed by atoms with Crippen molar-refractivity contribution < 1.29 is 9.84 Å². The van der Waals surface area contributed by atoms with Gasteiger partial charge in [0.1, 0.15) is 6.61 Å². The molecule has 64 valence electrons. The normalized spacial score (nSPS) is 15.2. The monoisotopic (exact) mass is 165 g/mol. The zero-order chi connectivity index (χ0) is 8.55. The van der Waals surface area contributed by atoms with E-state index in [4.69, 9.17) is 4.74 Å². The molecule has 0 radical (unpaired) electrons. The fourth-order valence-electron chi connectivity index (χ4n) is 1.37. The fraction of sp³-hybridized carbons (Fsp3) is 0.333. The minimum absolute atomic E-state index is 0.221. The van der Waals surface area contributed by atoms with Crippen LogP contribution < -0.4 is 9.64 Å². The topological polar surface area (TPSA) is 32.7 Å². The van der Waals surface area contributed by atoms with E-state index >= 15 is 0 Å². The molecule has 0 saturated heterocycles. The smallest absolute Gasteiger partial charge is 0.184 e. The minimum atomic E-state index is 0.221. The van der Waals surface area contributed by atoms with Gasteiger partial charge in [-0.15, -0.1) is 0 Å². The lowest BCUT2D eigenvalue weighted by Gasteiger charge is -2.27. The van der Waals surface area contributed by atoms with Crippen LogP contribution in [-0.4, -0.2) is 25.3 Å². The molecule has 0 unspecified atom stereocenters. The third-order valence-electron chi connectivity index (χ3n) is 2.06. The second-order valence-electron chi connectivity index (χ2n) is 2.90. The molecule has 0 aliphatic carbocycles. The second-order valence-corrected chi connectivity index (χ2v) is 2.90. The molecule has 1 aromatic rings. The number of para-hydroxylation sites is 1. The first kappa shape index (κ1) is 7.28. The predicted octanol–water partition coefficient (Wildman–Crippen LogP) is 1.22. The molecule has 0 fully saturated rings. The van der Waals surface area contributed by atoms with Crippen LogP contribution in [0.25, 0.3) is 0 Å². The molecule has 1 aromatic carbocycles. The average Bonchev–Trinajstić information content (AvgIpc) is 2.07. The largest absolute Gasteiger partial charge is 0.504 e. The molecular weight excluding hydrogens is 154 g/mol. The second kappa shape index (κ2) is 2.59. The minimum Gasteiger partial charge on any atom is -0.504 e. The van der Waals surface area contributed by atoms with Gasteiger partial charge in [0.15, 0.2) is 11.5 Å². The highest BCUT2D eigenvalue weighted by molar-refractivity contribution is 5.64. The Balaban J connectivity index is 2.52. The van der Waals surface area contributed by atoms with Gasteiger partial charge in [-0.2, -0.15) is 0 Å². The van der Waals surface area contributed by atoms with Crippen LogP contribution in [0.3, 0.4) is 0 Å². The first-order valence-corrected chi connectivity index (χ1v) is 3.95. The lowest BCUT2D eigenvalue weighted by Crippen LogP contribution is -2.28. The average molecular weight is 165 g/mol. The highest BCUT2D eigenvalue weighted by atomic mass is 16.5. The van der Waals surface area contributed by atoms with Crippen molar-refractivity contribution in [3.8, 4) is 11.5 Å². The summed E-state index contributed by atoms with van der Waals surface area (Å²) in [5.41, 5.74) is 0.959. The van der Waals surface area contributed by atoms with E-state index in [9.17, 15) is 5.11 Å². The van der Waals surface area contributed by atoms with E-state index in [0.717, 1.165) is 12.2 Å². The van der Waals surface area contributed by atoms with Crippen molar-refractivity contribution in [2.24, 2.45) is 0 Å². The van der Waals surface area contributed by atoms with Crippen LogP contribution >= 0.6 is 0 Å². The summed E-state index contributed by atoms with van der Waals surface area (Å²) in [5, 5.41) is 9.42. The van der Waals surface area contributed by atoms with Gasteiger partial charge in [-0.05, 0) is 12.1 Å². The number of nitrogens with zero attached hydrogens (tertiary/aromatic N) is 1. The van der Waals surface area contributed by atoms with Crippen molar-refractivity contribution in [2.75, 3.05) is 25.1 Å². The Hall–Kier alpha value is -1.38. The maximum Gasteiger partial charge on any atom is 0.184 e. The van der Waals surface area contributed by atoms with E-state index in [2.05, 4.69) is 4.90 Å². The van der Waals surface area contributed by atoms with Gasteiger partial charge in [-0.1, -0.05) is 6.07 Å². The number of hydrogen-bond acceptors (Lipinski definition) is 3. The number of rotatable bonds is 0. The SMILES string of the molecule is CN1CCOc2c(O)cccc21. The Kier molecular flexibility index (Phi) is 1.57. The van der Waals surface area contributed by atoms with Gasteiger partial charge in [0.2, 0.25) is 0 Å². The van der Waals surface area contributed by atoms with Crippen LogP contribution in [0.2, 0.25) is 0 Å². The molecule has 12 heavy (non-hydrogen) atoms. The zero-order valence-electron chi connectivity index (χ0n) is 6.95. The van der Waals surface area contributed by atoms with Gasteiger partial charge >= 0.3 is 0 Å². The van der Waals surface area contributed by atoms with Gasteiger partial charge in [0.25, 0.3) is 0 Å². The summed E-state index contributed by atoms with van der Waals surface area (Å²) < 4.78 is 5.33. The van der Waals surface area contributed by atoms with Gasteiger partial charge in [0, 0.05) is 7.05 Å². The third-order valence-corrected chi connectivity index (χ3v) is 2.06. The standard InChI is InChI=1S/C9H11NO2/c1-10-5-6-12-9-7(10)3-2-4-8(9)11/h2-4,11H,5-6H2,1H3. The fourth-order valence-corrected chi connectivity index (χ4v) is 1.37. The maximum atomic E-state index is 9.42. The lowest BCUT2D eigenvalue weighted by molar-refractivity contribution is 0.293. The van der Waals surface area contributed by atoms with Crippen LogP contribution in [0.5, 0.6) is 11.5 Å². The van der Waals surface area contributed by atoms with E-state index in [1.54, 1.807) is 6.07 Å². The van der Waals surface area contributed by atoms with Crippen molar-refractivity contribution in [3.05, 3.63) is 18.2 Å². The van der Waals surface area contributed by atoms with E-state index in [1.165, 1.54) is 0 Å². The Bertz CT molecular complexity index is 299. The lowest BCUT2D eigenvalue weighted by atomic mass is 10.2. The first-order chi connectivity index (χ1) is 5.79. The maximum absolute atomic E-state index is 9.42. The number of fused-ring (bicyclic) bond motifs is 1. The number of anilines is 1. The van der Waals surface area contributed by atoms with E-state index < -0.39 is 0 Å². The van der Waals surface area contributed by atoms with Crippen LogP contribution in [0, 0.1) is 0 Å². The Morgan fingerprint density at radius 2 is 2.33 bits per heavy atom. The molecule has 0 bridgehead atoms. The van der Waals surface area contributed by atoms with Gasteiger partial charge in [0.05, 0.1) is 12.2 Å². The van der Waals surface area contributed by atoms with Gasteiger partial charge < -0.3 is 14.7 Å². The number of likely N-dealkylation sites (N-methyl/N-ethyl adjacent to an activating group) is 1. The summed E-state index contributed by atoms with van der Waals surface area (Å²) in [6.45, 7) is 1.51. The summed E-state index contributed by atoms with van der Waals surface area (Å²) in [4.78, 5) is 2.07. The van der Waals surface area contributed by atoms with E-state index in [1.807, 2.05) is 19.2 Å². The van der Waals surface area contributed by atoms with Crippen molar-refractivity contribution in [1.29, 1.82) is 0 Å². The molecular formula is C9H11NO2. The number of aromatic hydroxyl groups is 1. The predicted molar refractivity (Wildman–Crippen MR) is 46.9 cm³/mol. The highest BCUT2D eigenvalue weighted by Gasteiger charge is 2.16. The molecule has 0 amide bonds. The highest BCUT2D eigenvalue weighted by Crippen LogP contribution is 2.37. The number of benzene rings is 1. The molecule has 0 spiro atoms. The summed E-state index contributed by atoms with van der Waals surface area (Å²) in [5.74, 6) is 0.824. The third kappa shape index (κ3) is 0.978. The first-order valence-electron chi connectivity index (χ1n) is 3.95. The van der Waals surface area contributed by atoms with Gasteiger partial charge in [-0.25, -0.2) is 0 Å². The van der Waals surface area contributed by atoms with Crippen molar-refractivity contribution in [1.82, 2.24) is 0 Å². The van der Waals surface area contributed by atoms with Gasteiger partial charge in [-0.3, -0.25) is 0 Å². The van der Waals surface area contributed by atoms with Crippen LogP contribution in [0.15, 0.2) is 18.2 Å². The molecule has 3 heteroatoms. The van der Waals surface area contributed by atoms with Crippen molar-refractivity contribution in [3.63, 3.8) is 0 Å². The number of ether oxygens (including phenoxy) is 1. The molecule has 0 aromatic heterocycles. The molecule has 1 aliphatic heterocycles. The molecule has 1 aliphatic rings. The molecule has 2 rings (SSSR count). The van der Waals surface area contributed by atoms with E-state index in [0.29, 0.717) is 12.4 Å². The van der Waals surface area contributed by atoms with Crippen molar-refractivity contribution >= 4 is 5.69 Å². The quantitative estimate of drug-likeness (QED) is 0.627. The molecule has 3 nitrogen and oxygen atoms in total. The zero-order valence-corrected chi connectivity index (χ0v) is 6.95. The Labute approximate surface area is 71.2 Å². The molecule has 1 heterocycles. The Morgan fingerprint density at radius 1 is 1.50 bits per heavy atom. The Morgan fingerprint density at radius 3 is 3.08 bits per heavy atom. The number of hydrogen-bond donors (Lipinski definition) is 1. The summed E-state index contributed by atoms with van der Waals surface area (Å²) >= 11 is 0. The van der Waals surface area contributed by atoms with E-state index in [-0.39, 0.29) is 5.75 Å². The number of phenolic OH excluding ortho intramolecular Hbond substituents is 1. The van der Waals surface area contributed by atoms with Crippen LogP contribution in [-0.2, 0) is 0 Å². The summed E-state index contributed by atoms with van der Waals surface area (Å²) in [6, 6.07) is 5.39. The molecule has 0 atom stereocenters. The summed E-state index contributed by atoms with van der Waals surface area (Å²) in [7, 11) is 1.99. The summed E-state index contributed by atoms with van der Waals surface area (Å²) in [6.07, 6.45) is 0. The van der Waals surface area contributed by atoms with Crippen molar-refractivity contribution in [2.45, 2.75) is 0 Å². The molecule has 1 N–H and O–H groups in total. The molecule has 0 saturated carbocycles.